The smallest absolute Gasteiger partial charge is 0.223 e. The molecule has 0 atom stereocenters. The Hall–Kier alpha value is -2.38. The van der Waals surface area contributed by atoms with Crippen molar-refractivity contribution in [1.82, 2.24) is 10.3 Å². The lowest BCUT2D eigenvalue weighted by Crippen LogP contribution is -2.36. The molecule has 0 aliphatic carbocycles. The average Bonchev–Trinajstić information content (AvgIpc) is 2.69. The molecule has 2 heterocycles. The van der Waals surface area contributed by atoms with E-state index in [9.17, 15) is 9.18 Å². The lowest BCUT2D eigenvalue weighted by atomic mass is 10.2. The van der Waals surface area contributed by atoms with E-state index >= 15 is 0 Å². The van der Waals surface area contributed by atoms with Crippen LogP contribution in [0.4, 0.5) is 10.2 Å². The summed E-state index contributed by atoms with van der Waals surface area (Å²) in [6, 6.07) is 7.72. The number of aromatic nitrogens is 1. The Morgan fingerprint density at radius 2 is 2.11 bits per heavy atom. The van der Waals surface area contributed by atoms with Crippen molar-refractivity contribution in [3.63, 3.8) is 0 Å². The van der Waals surface area contributed by atoms with Crippen molar-refractivity contribution in [3.8, 4) is 5.75 Å². The lowest BCUT2D eigenvalue weighted by molar-refractivity contribution is -0.121. The maximum Gasteiger partial charge on any atom is 0.223 e. The summed E-state index contributed by atoms with van der Waals surface area (Å²) in [4.78, 5) is 18.6. The fraction of sp³-hybridized carbons (Fsp3) is 0.368. The van der Waals surface area contributed by atoms with Crippen LogP contribution in [0, 0.1) is 5.82 Å². The van der Waals surface area contributed by atoms with E-state index < -0.39 is 5.82 Å². The summed E-state index contributed by atoms with van der Waals surface area (Å²) in [5, 5.41) is 3.04. The quantitative estimate of drug-likeness (QED) is 0.783. The first-order chi connectivity index (χ1) is 13.1. The predicted molar refractivity (Wildman–Crippen MR) is 101 cm³/mol. The van der Waals surface area contributed by atoms with E-state index in [1.165, 1.54) is 18.2 Å². The topological polar surface area (TPSA) is 63.7 Å². The van der Waals surface area contributed by atoms with Crippen molar-refractivity contribution in [2.24, 2.45) is 0 Å². The fourth-order valence-electron chi connectivity index (χ4n) is 2.67. The summed E-state index contributed by atoms with van der Waals surface area (Å²) >= 11 is 5.88. The van der Waals surface area contributed by atoms with Crippen LogP contribution in [0.25, 0.3) is 0 Å². The molecular formula is C19H21ClFN3O3. The summed E-state index contributed by atoms with van der Waals surface area (Å²) < 4.78 is 23.8. The number of amides is 1. The maximum atomic E-state index is 13.0. The Labute approximate surface area is 162 Å². The van der Waals surface area contributed by atoms with Crippen molar-refractivity contribution in [3.05, 3.63) is 52.9 Å². The van der Waals surface area contributed by atoms with Gasteiger partial charge >= 0.3 is 0 Å². The molecule has 8 heteroatoms. The van der Waals surface area contributed by atoms with Crippen molar-refractivity contribution < 1.29 is 18.7 Å². The first kappa shape index (κ1) is 19.4. The Bertz CT molecular complexity index is 785. The number of morpholine rings is 1. The van der Waals surface area contributed by atoms with E-state index in [1.807, 2.05) is 12.1 Å². The van der Waals surface area contributed by atoms with Gasteiger partial charge < -0.3 is 19.7 Å². The number of anilines is 1. The van der Waals surface area contributed by atoms with E-state index in [4.69, 9.17) is 21.1 Å². The van der Waals surface area contributed by atoms with Gasteiger partial charge in [0.25, 0.3) is 0 Å². The minimum atomic E-state index is -0.432. The number of nitrogens with zero attached hydrogens (tertiary/aromatic N) is 2. The number of ether oxygens (including phenoxy) is 2. The van der Waals surface area contributed by atoms with Crippen LogP contribution in [-0.4, -0.2) is 43.8 Å². The first-order valence-electron chi connectivity index (χ1n) is 8.74. The summed E-state index contributed by atoms with van der Waals surface area (Å²) in [6.07, 6.45) is 1.92. The lowest BCUT2D eigenvalue weighted by Gasteiger charge is -2.28. The third-order valence-electron chi connectivity index (χ3n) is 4.12. The Balaban J connectivity index is 1.43. The molecule has 1 fully saturated rings. The molecule has 1 amide bonds. The molecule has 0 unspecified atom stereocenters. The second-order valence-electron chi connectivity index (χ2n) is 6.07. The molecule has 1 N–H and O–H groups in total. The van der Waals surface area contributed by atoms with Gasteiger partial charge in [-0.25, -0.2) is 9.37 Å². The van der Waals surface area contributed by atoms with Crippen molar-refractivity contribution >= 4 is 23.3 Å². The largest absolute Gasteiger partial charge is 0.491 e. The van der Waals surface area contributed by atoms with Gasteiger partial charge in [0.15, 0.2) is 0 Å². The second-order valence-corrected chi connectivity index (χ2v) is 6.48. The van der Waals surface area contributed by atoms with Crippen molar-refractivity contribution in [2.75, 3.05) is 37.8 Å². The number of hydrogen-bond donors (Lipinski definition) is 1. The highest BCUT2D eigenvalue weighted by atomic mass is 35.5. The molecule has 0 spiro atoms. The standard InChI is InChI=1S/C19H21ClFN3O3/c20-16-12-15(21)1-2-17(16)27-8-4-19(25)23-13-14-3-5-22-18(11-14)24-6-9-26-10-7-24/h1-3,5,11-12H,4,6-10,13H2,(H,23,25). The van der Waals surface area contributed by atoms with E-state index in [0.717, 1.165) is 24.5 Å². The Morgan fingerprint density at radius 3 is 2.89 bits per heavy atom. The van der Waals surface area contributed by atoms with Gasteiger partial charge in [-0.2, -0.15) is 0 Å². The molecule has 1 aromatic heterocycles. The zero-order valence-electron chi connectivity index (χ0n) is 14.8. The molecule has 27 heavy (non-hydrogen) atoms. The predicted octanol–water partition coefficient (Wildman–Crippen LogP) is 2.80. The third-order valence-corrected chi connectivity index (χ3v) is 4.41. The maximum absolute atomic E-state index is 13.0. The average molecular weight is 394 g/mol. The number of pyridine rings is 1. The van der Waals surface area contributed by atoms with Crippen molar-refractivity contribution in [1.29, 1.82) is 0 Å². The number of carbonyl (C=O) groups excluding carboxylic acids is 1. The Morgan fingerprint density at radius 1 is 1.30 bits per heavy atom. The number of hydrogen-bond acceptors (Lipinski definition) is 5. The van der Waals surface area contributed by atoms with Crippen LogP contribution in [0.15, 0.2) is 36.5 Å². The van der Waals surface area contributed by atoms with Gasteiger partial charge in [0.2, 0.25) is 5.91 Å². The number of rotatable bonds is 7. The van der Waals surface area contributed by atoms with E-state index in [2.05, 4.69) is 15.2 Å². The summed E-state index contributed by atoms with van der Waals surface area (Å²) in [5.74, 6) is 0.673. The number of carbonyl (C=O) groups is 1. The molecule has 1 aliphatic rings. The van der Waals surface area contributed by atoms with E-state index in [-0.39, 0.29) is 24.0 Å². The second kappa shape index (κ2) is 9.53. The number of halogens is 2. The van der Waals surface area contributed by atoms with Crippen LogP contribution in [0.1, 0.15) is 12.0 Å². The minimum Gasteiger partial charge on any atom is -0.491 e. The zero-order chi connectivity index (χ0) is 19.1. The SMILES string of the molecule is O=C(CCOc1ccc(F)cc1Cl)NCc1ccnc(N2CCOCC2)c1. The molecule has 3 rings (SSSR count). The van der Waals surface area contributed by atoms with Gasteiger partial charge in [-0.15, -0.1) is 0 Å². The van der Waals surface area contributed by atoms with Crippen LogP contribution in [0.2, 0.25) is 5.02 Å². The molecule has 1 aliphatic heterocycles. The summed E-state index contributed by atoms with van der Waals surface area (Å²) in [7, 11) is 0. The molecule has 0 radical (unpaired) electrons. The van der Waals surface area contributed by atoms with Crippen molar-refractivity contribution in [2.45, 2.75) is 13.0 Å². The highest BCUT2D eigenvalue weighted by Gasteiger charge is 2.13. The van der Waals surface area contributed by atoms with Gasteiger partial charge in [-0.3, -0.25) is 4.79 Å². The van der Waals surface area contributed by atoms with Gasteiger partial charge in [-0.05, 0) is 35.9 Å². The molecule has 2 aromatic rings. The number of nitrogens with one attached hydrogen (secondary N) is 1. The highest BCUT2D eigenvalue weighted by Crippen LogP contribution is 2.24. The summed E-state index contributed by atoms with van der Waals surface area (Å²) in [5.41, 5.74) is 0.974. The van der Waals surface area contributed by atoms with E-state index in [1.54, 1.807) is 6.20 Å². The third kappa shape index (κ3) is 5.80. The van der Waals surface area contributed by atoms with Crippen LogP contribution in [0.5, 0.6) is 5.75 Å². The molecule has 0 bridgehead atoms. The molecule has 1 saturated heterocycles. The van der Waals surface area contributed by atoms with Crippen LogP contribution in [-0.2, 0) is 16.1 Å². The first-order valence-corrected chi connectivity index (χ1v) is 9.12. The van der Waals surface area contributed by atoms with Gasteiger partial charge in [0, 0.05) is 25.8 Å². The normalized spacial score (nSPS) is 14.1. The van der Waals surface area contributed by atoms with Crippen LogP contribution in [0.3, 0.4) is 0 Å². The van der Waals surface area contributed by atoms with Gasteiger partial charge in [-0.1, -0.05) is 11.6 Å². The monoisotopic (exact) mass is 393 g/mol. The minimum absolute atomic E-state index is 0.141. The van der Waals surface area contributed by atoms with Gasteiger partial charge in [0.1, 0.15) is 17.4 Å². The molecule has 0 saturated carbocycles. The van der Waals surface area contributed by atoms with Gasteiger partial charge in [0.05, 0.1) is 31.3 Å². The Kier molecular flexibility index (Phi) is 6.84. The highest BCUT2D eigenvalue weighted by molar-refractivity contribution is 6.32. The molecular weight excluding hydrogens is 373 g/mol. The molecule has 6 nitrogen and oxygen atoms in total. The van der Waals surface area contributed by atoms with E-state index in [0.29, 0.717) is 25.5 Å². The van der Waals surface area contributed by atoms with Crippen LogP contribution < -0.4 is 15.0 Å². The van der Waals surface area contributed by atoms with Crippen LogP contribution >= 0.6 is 11.6 Å². The molecule has 144 valence electrons. The fourth-order valence-corrected chi connectivity index (χ4v) is 2.89. The summed E-state index contributed by atoms with van der Waals surface area (Å²) in [6.45, 7) is 3.59. The number of benzene rings is 1. The molecule has 1 aromatic carbocycles. The zero-order valence-corrected chi connectivity index (χ0v) is 15.5.